The molecule has 0 amide bonds. The van der Waals surface area contributed by atoms with E-state index >= 15 is 0 Å². The first-order valence-electron chi connectivity index (χ1n) is 6.24. The van der Waals surface area contributed by atoms with Gasteiger partial charge in [-0.2, -0.15) is 0 Å². The highest BCUT2D eigenvalue weighted by atomic mass is 15.0. The molecule has 0 aromatic heterocycles. The monoisotopic (exact) mass is 195 g/mol. The van der Waals surface area contributed by atoms with Crippen LogP contribution in [-0.2, 0) is 0 Å². The fourth-order valence-corrected chi connectivity index (χ4v) is 2.77. The van der Waals surface area contributed by atoms with Crippen LogP contribution in [0.2, 0.25) is 0 Å². The molecule has 2 fully saturated rings. The molecule has 2 rings (SSSR count). The zero-order chi connectivity index (χ0) is 10.4. The molecule has 0 aromatic rings. The van der Waals surface area contributed by atoms with Gasteiger partial charge in [-0.3, -0.25) is 0 Å². The topological polar surface area (TPSA) is 12.0 Å². The van der Waals surface area contributed by atoms with Gasteiger partial charge in [-0.25, -0.2) is 0 Å². The van der Waals surface area contributed by atoms with Crippen molar-refractivity contribution in [2.24, 2.45) is 11.3 Å². The molecule has 1 heteroatoms. The fraction of sp³-hybridized carbons (Fsp3) is 1.00. The molecule has 82 valence electrons. The summed E-state index contributed by atoms with van der Waals surface area (Å²) in [5.41, 5.74) is 1.06. The smallest absolute Gasteiger partial charge is 0.0150 e. The van der Waals surface area contributed by atoms with Crippen LogP contribution in [0.4, 0.5) is 0 Å². The van der Waals surface area contributed by atoms with Crippen molar-refractivity contribution in [1.29, 1.82) is 0 Å². The van der Waals surface area contributed by atoms with E-state index in [1.807, 2.05) is 0 Å². The summed E-state index contributed by atoms with van der Waals surface area (Å²) < 4.78 is 0. The first kappa shape index (κ1) is 10.5. The Bertz CT molecular complexity index is 208. The van der Waals surface area contributed by atoms with Crippen molar-refractivity contribution in [3.63, 3.8) is 0 Å². The van der Waals surface area contributed by atoms with Gasteiger partial charge in [0.25, 0.3) is 0 Å². The van der Waals surface area contributed by atoms with E-state index < -0.39 is 0 Å². The summed E-state index contributed by atoms with van der Waals surface area (Å²) in [6.45, 7) is 9.34. The van der Waals surface area contributed by atoms with E-state index in [1.54, 1.807) is 0 Å². The lowest BCUT2D eigenvalue weighted by Gasteiger charge is -2.58. The minimum atomic E-state index is 0.313. The van der Waals surface area contributed by atoms with Crippen LogP contribution < -0.4 is 5.32 Å². The summed E-state index contributed by atoms with van der Waals surface area (Å²) >= 11 is 0. The standard InChI is InChI=1S/C13H25N/c1-10(2)12(3,4)14-11-6-9-13(11)7-5-8-13/h10-11,14H,5-9H2,1-4H3. The van der Waals surface area contributed by atoms with Crippen LogP contribution in [0.5, 0.6) is 0 Å². The van der Waals surface area contributed by atoms with Crippen LogP contribution in [-0.4, -0.2) is 11.6 Å². The van der Waals surface area contributed by atoms with Crippen molar-refractivity contribution in [2.45, 2.75) is 71.4 Å². The fourth-order valence-electron chi connectivity index (χ4n) is 2.77. The number of nitrogens with one attached hydrogen (secondary N) is 1. The zero-order valence-corrected chi connectivity index (χ0v) is 10.2. The van der Waals surface area contributed by atoms with E-state index in [2.05, 4.69) is 33.0 Å². The number of hydrogen-bond acceptors (Lipinski definition) is 1. The van der Waals surface area contributed by atoms with Crippen LogP contribution in [0.3, 0.4) is 0 Å². The molecule has 1 nitrogen and oxygen atoms in total. The summed E-state index contributed by atoms with van der Waals surface area (Å²) in [7, 11) is 0. The second-order valence-corrected chi connectivity index (χ2v) is 6.33. The van der Waals surface area contributed by atoms with E-state index in [-0.39, 0.29) is 0 Å². The van der Waals surface area contributed by atoms with Gasteiger partial charge in [0.2, 0.25) is 0 Å². The molecular weight excluding hydrogens is 170 g/mol. The van der Waals surface area contributed by atoms with Crippen molar-refractivity contribution in [3.8, 4) is 0 Å². The molecule has 1 unspecified atom stereocenters. The maximum atomic E-state index is 3.88. The molecule has 1 spiro atoms. The molecule has 0 radical (unpaired) electrons. The average molecular weight is 195 g/mol. The van der Waals surface area contributed by atoms with Gasteiger partial charge in [-0.1, -0.05) is 20.3 Å². The van der Waals surface area contributed by atoms with E-state index in [9.17, 15) is 0 Å². The summed E-state index contributed by atoms with van der Waals surface area (Å²) in [5, 5.41) is 3.88. The molecule has 2 aliphatic rings. The third-order valence-electron chi connectivity index (χ3n) is 5.01. The highest BCUT2D eigenvalue weighted by Crippen LogP contribution is 2.56. The third-order valence-corrected chi connectivity index (χ3v) is 5.01. The van der Waals surface area contributed by atoms with Gasteiger partial charge in [0.1, 0.15) is 0 Å². The molecule has 0 aliphatic heterocycles. The van der Waals surface area contributed by atoms with Gasteiger partial charge in [0.15, 0.2) is 0 Å². The Hall–Kier alpha value is -0.0400. The Labute approximate surface area is 88.7 Å². The Morgan fingerprint density at radius 3 is 2.14 bits per heavy atom. The molecule has 0 bridgehead atoms. The lowest BCUT2D eigenvalue weighted by atomic mass is 9.52. The minimum absolute atomic E-state index is 0.313. The van der Waals surface area contributed by atoms with Gasteiger partial charge in [0, 0.05) is 11.6 Å². The van der Waals surface area contributed by atoms with Crippen LogP contribution in [0.1, 0.15) is 59.8 Å². The van der Waals surface area contributed by atoms with E-state index in [0.717, 1.165) is 17.4 Å². The molecule has 1 N–H and O–H groups in total. The molecule has 2 aliphatic carbocycles. The third kappa shape index (κ3) is 1.50. The molecule has 2 saturated carbocycles. The SMILES string of the molecule is CC(C)C(C)(C)NC1CCC12CCC2. The molecular formula is C13H25N. The second kappa shape index (κ2) is 3.23. The Morgan fingerprint density at radius 1 is 1.21 bits per heavy atom. The quantitative estimate of drug-likeness (QED) is 0.728. The van der Waals surface area contributed by atoms with Crippen LogP contribution in [0, 0.1) is 11.3 Å². The van der Waals surface area contributed by atoms with E-state index in [1.165, 1.54) is 32.1 Å². The molecule has 0 heterocycles. The van der Waals surface area contributed by atoms with Crippen molar-refractivity contribution < 1.29 is 0 Å². The lowest BCUT2D eigenvalue weighted by Crippen LogP contribution is -2.63. The van der Waals surface area contributed by atoms with Crippen LogP contribution >= 0.6 is 0 Å². The first-order valence-corrected chi connectivity index (χ1v) is 6.24. The average Bonchev–Trinajstić information content (AvgIpc) is 1.95. The Kier molecular flexibility index (Phi) is 2.42. The van der Waals surface area contributed by atoms with Crippen molar-refractivity contribution in [2.75, 3.05) is 0 Å². The normalized spacial score (nSPS) is 30.2. The van der Waals surface area contributed by atoms with Gasteiger partial charge in [0.05, 0.1) is 0 Å². The summed E-state index contributed by atoms with van der Waals surface area (Å²) in [5.74, 6) is 0.722. The highest BCUT2D eigenvalue weighted by Gasteiger charge is 2.51. The zero-order valence-electron chi connectivity index (χ0n) is 10.2. The lowest BCUT2D eigenvalue weighted by molar-refractivity contribution is -0.0343. The van der Waals surface area contributed by atoms with Crippen molar-refractivity contribution >= 4 is 0 Å². The van der Waals surface area contributed by atoms with E-state index in [0.29, 0.717) is 5.54 Å². The Morgan fingerprint density at radius 2 is 1.86 bits per heavy atom. The van der Waals surface area contributed by atoms with Crippen LogP contribution in [0.25, 0.3) is 0 Å². The van der Waals surface area contributed by atoms with Gasteiger partial charge >= 0.3 is 0 Å². The van der Waals surface area contributed by atoms with Crippen molar-refractivity contribution in [3.05, 3.63) is 0 Å². The Balaban J connectivity index is 1.91. The number of rotatable bonds is 3. The van der Waals surface area contributed by atoms with Gasteiger partial charge in [-0.15, -0.1) is 0 Å². The maximum absolute atomic E-state index is 3.88. The largest absolute Gasteiger partial charge is 0.308 e. The maximum Gasteiger partial charge on any atom is 0.0150 e. The summed E-state index contributed by atoms with van der Waals surface area (Å²) in [4.78, 5) is 0. The number of hydrogen-bond donors (Lipinski definition) is 1. The van der Waals surface area contributed by atoms with Crippen molar-refractivity contribution in [1.82, 2.24) is 5.32 Å². The second-order valence-electron chi connectivity index (χ2n) is 6.33. The molecule has 1 atom stereocenters. The van der Waals surface area contributed by atoms with Crippen LogP contribution in [0.15, 0.2) is 0 Å². The predicted octanol–water partition coefficient (Wildman–Crippen LogP) is 3.34. The summed E-state index contributed by atoms with van der Waals surface area (Å²) in [6.07, 6.45) is 7.34. The summed E-state index contributed by atoms with van der Waals surface area (Å²) in [6, 6.07) is 0.827. The minimum Gasteiger partial charge on any atom is -0.308 e. The van der Waals surface area contributed by atoms with E-state index in [4.69, 9.17) is 0 Å². The molecule has 14 heavy (non-hydrogen) atoms. The predicted molar refractivity (Wildman–Crippen MR) is 61.4 cm³/mol. The van der Waals surface area contributed by atoms with Gasteiger partial charge < -0.3 is 5.32 Å². The first-order chi connectivity index (χ1) is 6.46. The highest BCUT2D eigenvalue weighted by molar-refractivity contribution is 5.07. The molecule has 0 aromatic carbocycles. The van der Waals surface area contributed by atoms with Gasteiger partial charge in [-0.05, 0) is 50.9 Å². The molecule has 0 saturated heterocycles.